The van der Waals surface area contributed by atoms with Gasteiger partial charge in [0.15, 0.2) is 0 Å². The average molecular weight is 245 g/mol. The van der Waals surface area contributed by atoms with Crippen molar-refractivity contribution in [2.75, 3.05) is 0 Å². The van der Waals surface area contributed by atoms with E-state index in [-0.39, 0.29) is 6.42 Å². The normalized spacial score (nSPS) is 13.6. The average Bonchev–Trinajstić information content (AvgIpc) is 2.28. The number of benzene rings is 1. The molecule has 0 unspecified atom stereocenters. The van der Waals surface area contributed by atoms with E-state index in [1.54, 1.807) is 0 Å². The first kappa shape index (κ1) is 14.0. The van der Waals surface area contributed by atoms with Crippen LogP contribution in [0, 0.1) is 0 Å². The van der Waals surface area contributed by atoms with Crippen LogP contribution in [0.3, 0.4) is 0 Å². The van der Waals surface area contributed by atoms with E-state index in [1.807, 2.05) is 30.3 Å². The van der Waals surface area contributed by atoms with E-state index in [2.05, 4.69) is 0 Å². The first-order chi connectivity index (χ1) is 8.00. The van der Waals surface area contributed by atoms with E-state index in [9.17, 15) is 13.2 Å². The zero-order chi connectivity index (χ0) is 12.7. The van der Waals surface area contributed by atoms with Crippen molar-refractivity contribution in [3.8, 4) is 0 Å². The summed E-state index contributed by atoms with van der Waals surface area (Å²) in [5.41, 5.74) is 6.25. The zero-order valence-corrected chi connectivity index (χ0v) is 9.71. The molecule has 0 saturated carbocycles. The van der Waals surface area contributed by atoms with Gasteiger partial charge in [0, 0.05) is 0 Å². The summed E-state index contributed by atoms with van der Waals surface area (Å²) in [7, 11) is 0. The van der Waals surface area contributed by atoms with Gasteiger partial charge >= 0.3 is 6.18 Å². The second-order valence-corrected chi connectivity index (χ2v) is 4.23. The SMILES string of the molecule is N[C@@H](CCCCCc1ccccc1)C(F)(F)F. The largest absolute Gasteiger partial charge is 0.403 e. The molecule has 0 aliphatic carbocycles. The molecule has 1 rings (SSSR count). The molecule has 4 heteroatoms. The van der Waals surface area contributed by atoms with Crippen molar-refractivity contribution in [2.24, 2.45) is 5.73 Å². The van der Waals surface area contributed by atoms with Crippen LogP contribution in [-0.2, 0) is 6.42 Å². The molecule has 0 heterocycles. The lowest BCUT2D eigenvalue weighted by Gasteiger charge is -2.14. The van der Waals surface area contributed by atoms with Gasteiger partial charge in [0.05, 0.1) is 0 Å². The van der Waals surface area contributed by atoms with Gasteiger partial charge in [0.2, 0.25) is 0 Å². The van der Waals surface area contributed by atoms with E-state index in [0.29, 0.717) is 6.42 Å². The maximum atomic E-state index is 12.1. The summed E-state index contributed by atoms with van der Waals surface area (Å²) in [6.07, 6.45) is -1.07. The number of nitrogens with two attached hydrogens (primary N) is 1. The third kappa shape index (κ3) is 5.73. The van der Waals surface area contributed by atoms with Gasteiger partial charge in [-0.05, 0) is 24.8 Å². The Bertz CT molecular complexity index is 308. The molecule has 0 radical (unpaired) electrons. The molecule has 1 aromatic carbocycles. The minimum absolute atomic E-state index is 0.0261. The van der Waals surface area contributed by atoms with E-state index in [0.717, 1.165) is 19.3 Å². The lowest BCUT2D eigenvalue weighted by Crippen LogP contribution is -2.37. The van der Waals surface area contributed by atoms with E-state index in [1.165, 1.54) is 5.56 Å². The summed E-state index contributed by atoms with van der Waals surface area (Å²) in [6, 6.07) is 8.28. The first-order valence-electron chi connectivity index (χ1n) is 5.86. The molecule has 1 nitrogen and oxygen atoms in total. The fourth-order valence-corrected chi connectivity index (χ4v) is 1.68. The zero-order valence-electron chi connectivity index (χ0n) is 9.71. The van der Waals surface area contributed by atoms with Crippen LogP contribution in [0.1, 0.15) is 31.2 Å². The monoisotopic (exact) mass is 245 g/mol. The third-order valence-electron chi connectivity index (χ3n) is 2.74. The molecule has 17 heavy (non-hydrogen) atoms. The predicted molar refractivity (Wildman–Crippen MR) is 62.6 cm³/mol. The van der Waals surface area contributed by atoms with Crippen LogP contribution in [0.25, 0.3) is 0 Å². The molecule has 1 aromatic rings. The highest BCUT2D eigenvalue weighted by Gasteiger charge is 2.35. The molecule has 0 spiro atoms. The van der Waals surface area contributed by atoms with Gasteiger partial charge in [-0.1, -0.05) is 43.2 Å². The molecule has 2 N–H and O–H groups in total. The van der Waals surface area contributed by atoms with Gasteiger partial charge in [-0.15, -0.1) is 0 Å². The maximum Gasteiger partial charge on any atom is 0.403 e. The Morgan fingerprint density at radius 1 is 1.00 bits per heavy atom. The fraction of sp³-hybridized carbons (Fsp3) is 0.538. The Labute approximate surface area is 99.8 Å². The van der Waals surface area contributed by atoms with Gasteiger partial charge in [-0.25, -0.2) is 0 Å². The fourth-order valence-electron chi connectivity index (χ4n) is 1.68. The van der Waals surface area contributed by atoms with Crippen LogP contribution in [-0.4, -0.2) is 12.2 Å². The second-order valence-electron chi connectivity index (χ2n) is 4.23. The van der Waals surface area contributed by atoms with E-state index >= 15 is 0 Å². The van der Waals surface area contributed by atoms with E-state index in [4.69, 9.17) is 5.73 Å². The molecule has 0 bridgehead atoms. The summed E-state index contributed by atoms with van der Waals surface area (Å²) in [6.45, 7) is 0. The molecule has 0 aliphatic heterocycles. The highest BCUT2D eigenvalue weighted by molar-refractivity contribution is 5.14. The van der Waals surface area contributed by atoms with Gasteiger partial charge < -0.3 is 5.73 Å². The molecular formula is C13H18F3N. The Balaban J connectivity index is 2.09. The summed E-state index contributed by atoms with van der Waals surface area (Å²) in [5.74, 6) is 0. The van der Waals surface area contributed by atoms with Gasteiger partial charge in [0.1, 0.15) is 6.04 Å². The Hall–Kier alpha value is -1.03. The van der Waals surface area contributed by atoms with Crippen LogP contribution < -0.4 is 5.73 Å². The molecule has 0 fully saturated rings. The van der Waals surface area contributed by atoms with Crippen LogP contribution in [0.2, 0.25) is 0 Å². The van der Waals surface area contributed by atoms with Gasteiger partial charge in [0.25, 0.3) is 0 Å². The molecule has 1 atom stereocenters. The summed E-state index contributed by atoms with van der Waals surface area (Å²) in [4.78, 5) is 0. The smallest absolute Gasteiger partial charge is 0.320 e. The maximum absolute atomic E-state index is 12.1. The number of halogens is 3. The van der Waals surface area contributed by atoms with Crippen molar-refractivity contribution >= 4 is 0 Å². The molecule has 0 saturated heterocycles. The van der Waals surface area contributed by atoms with Crippen LogP contribution in [0.5, 0.6) is 0 Å². The summed E-state index contributed by atoms with van der Waals surface area (Å²) in [5, 5.41) is 0. The molecule has 0 aliphatic rings. The Morgan fingerprint density at radius 2 is 1.65 bits per heavy atom. The number of aryl methyl sites for hydroxylation is 1. The van der Waals surface area contributed by atoms with Crippen LogP contribution in [0.4, 0.5) is 13.2 Å². The predicted octanol–water partition coefficient (Wildman–Crippen LogP) is 3.68. The van der Waals surface area contributed by atoms with Crippen molar-refractivity contribution in [1.82, 2.24) is 0 Å². The lowest BCUT2D eigenvalue weighted by molar-refractivity contribution is -0.149. The second kappa shape index (κ2) is 6.64. The van der Waals surface area contributed by atoms with Crippen molar-refractivity contribution in [1.29, 1.82) is 0 Å². The molecular weight excluding hydrogens is 227 g/mol. The number of hydrogen-bond acceptors (Lipinski definition) is 1. The quantitative estimate of drug-likeness (QED) is 0.760. The molecule has 96 valence electrons. The van der Waals surface area contributed by atoms with Crippen molar-refractivity contribution < 1.29 is 13.2 Å². The summed E-state index contributed by atoms with van der Waals surface area (Å²) >= 11 is 0. The highest BCUT2D eigenvalue weighted by Crippen LogP contribution is 2.22. The number of unbranched alkanes of at least 4 members (excludes halogenated alkanes) is 2. The lowest BCUT2D eigenvalue weighted by atomic mass is 10.0. The van der Waals surface area contributed by atoms with Crippen molar-refractivity contribution in [2.45, 2.75) is 44.3 Å². The minimum atomic E-state index is -4.25. The minimum Gasteiger partial charge on any atom is -0.320 e. The summed E-state index contributed by atoms with van der Waals surface area (Å²) < 4.78 is 36.3. The number of alkyl halides is 3. The Kier molecular flexibility index (Phi) is 5.48. The van der Waals surface area contributed by atoms with Crippen molar-refractivity contribution in [3.63, 3.8) is 0 Å². The number of hydrogen-bond donors (Lipinski definition) is 1. The third-order valence-corrected chi connectivity index (χ3v) is 2.74. The number of rotatable bonds is 6. The van der Waals surface area contributed by atoms with Crippen molar-refractivity contribution in [3.05, 3.63) is 35.9 Å². The van der Waals surface area contributed by atoms with Gasteiger partial charge in [-0.2, -0.15) is 13.2 Å². The van der Waals surface area contributed by atoms with Crippen LogP contribution in [0.15, 0.2) is 30.3 Å². The molecule has 0 amide bonds. The Morgan fingerprint density at radius 3 is 2.24 bits per heavy atom. The van der Waals surface area contributed by atoms with E-state index < -0.39 is 12.2 Å². The van der Waals surface area contributed by atoms with Crippen LogP contribution >= 0.6 is 0 Å². The highest BCUT2D eigenvalue weighted by atomic mass is 19.4. The first-order valence-corrected chi connectivity index (χ1v) is 5.86. The van der Waals surface area contributed by atoms with Gasteiger partial charge in [-0.3, -0.25) is 0 Å². The molecule has 0 aromatic heterocycles. The standard InChI is InChI=1S/C13H18F3N/c14-13(15,16)12(17)10-6-2-5-9-11-7-3-1-4-8-11/h1,3-4,7-8,12H,2,5-6,9-10,17H2/t12-/m0/s1. The topological polar surface area (TPSA) is 26.0 Å².